The number of carboxylic acid groups (broad SMARTS) is 1. The molecule has 0 saturated carbocycles. The van der Waals surface area contributed by atoms with Crippen LogP contribution < -0.4 is 0 Å². The van der Waals surface area contributed by atoms with Gasteiger partial charge in [0.25, 0.3) is 0 Å². The number of rotatable bonds is 4. The molecule has 0 aromatic rings. The molecule has 0 spiro atoms. The molecule has 0 aliphatic carbocycles. The molecular weight excluding hydrogens is 200 g/mol. The lowest BCUT2D eigenvalue weighted by Crippen LogP contribution is -2.14. The number of aliphatic hydroxyl groups is 1. The number of aliphatic carboxylic acids is 1. The fourth-order valence-electron chi connectivity index (χ4n) is 0.408. The van der Waals surface area contributed by atoms with Gasteiger partial charge in [-0.2, -0.15) is 0 Å². The normalized spacial score (nSPS) is 11.1. The zero-order chi connectivity index (χ0) is 12.3. The van der Waals surface area contributed by atoms with Gasteiger partial charge in [0.1, 0.15) is 0 Å². The van der Waals surface area contributed by atoms with Crippen molar-refractivity contribution in [3.05, 3.63) is 24.8 Å². The van der Waals surface area contributed by atoms with Crippen LogP contribution in [0.25, 0.3) is 0 Å². The summed E-state index contributed by atoms with van der Waals surface area (Å²) in [5, 5.41) is 16.5. The Bertz CT molecular complexity index is 232. The standard InChI is InChI=1S/C6H10O3.C4H6O2/c1-3-5(7)9-6(8)4-2;1-2-3-4(5)6/h3,6,8H,1,4H2,2H3;2-3H,1H3,(H,5,6). The highest BCUT2D eigenvalue weighted by Gasteiger charge is 2.02. The maximum absolute atomic E-state index is 10.3. The van der Waals surface area contributed by atoms with Crippen molar-refractivity contribution in [1.29, 1.82) is 0 Å². The van der Waals surface area contributed by atoms with Crippen LogP contribution in [0.3, 0.4) is 0 Å². The minimum atomic E-state index is -0.990. The lowest BCUT2D eigenvalue weighted by atomic mass is 10.5. The van der Waals surface area contributed by atoms with Gasteiger partial charge in [-0.1, -0.05) is 19.6 Å². The third-order valence-electron chi connectivity index (χ3n) is 1.08. The van der Waals surface area contributed by atoms with E-state index in [0.29, 0.717) is 6.42 Å². The second kappa shape index (κ2) is 10.5. The topological polar surface area (TPSA) is 83.8 Å². The highest BCUT2D eigenvalue weighted by molar-refractivity contribution is 5.81. The summed E-state index contributed by atoms with van der Waals surface area (Å²) in [4.78, 5) is 19.8. The summed E-state index contributed by atoms with van der Waals surface area (Å²) in [6, 6.07) is 0. The SMILES string of the molecule is C=CC(=O)OC(O)CC.CC=CC(=O)O. The molecule has 0 fully saturated rings. The van der Waals surface area contributed by atoms with Gasteiger partial charge in [-0.3, -0.25) is 0 Å². The van der Waals surface area contributed by atoms with Crippen molar-refractivity contribution in [2.75, 3.05) is 0 Å². The first-order valence-electron chi connectivity index (χ1n) is 4.34. The van der Waals surface area contributed by atoms with Crippen molar-refractivity contribution < 1.29 is 24.5 Å². The molecule has 0 bridgehead atoms. The quantitative estimate of drug-likeness (QED) is 0.417. The average molecular weight is 216 g/mol. The number of aliphatic hydroxyl groups excluding tert-OH is 1. The third-order valence-corrected chi connectivity index (χ3v) is 1.08. The number of carbonyl (C=O) groups excluding carboxylic acids is 1. The first kappa shape index (κ1) is 15.8. The van der Waals surface area contributed by atoms with Gasteiger partial charge in [0, 0.05) is 18.6 Å². The van der Waals surface area contributed by atoms with Crippen molar-refractivity contribution in [2.24, 2.45) is 0 Å². The van der Waals surface area contributed by atoms with Crippen LogP contribution in [0, 0.1) is 0 Å². The molecule has 5 nitrogen and oxygen atoms in total. The number of allylic oxidation sites excluding steroid dienone is 1. The van der Waals surface area contributed by atoms with Gasteiger partial charge in [-0.25, -0.2) is 9.59 Å². The van der Waals surface area contributed by atoms with E-state index in [1.54, 1.807) is 13.8 Å². The van der Waals surface area contributed by atoms with Gasteiger partial charge >= 0.3 is 11.9 Å². The van der Waals surface area contributed by atoms with Crippen molar-refractivity contribution in [3.8, 4) is 0 Å². The summed E-state index contributed by atoms with van der Waals surface area (Å²) in [7, 11) is 0. The molecule has 5 heteroatoms. The molecule has 2 N–H and O–H groups in total. The van der Waals surface area contributed by atoms with E-state index in [1.165, 1.54) is 6.08 Å². The Kier molecular flexibility index (Phi) is 11.0. The molecule has 1 unspecified atom stereocenters. The van der Waals surface area contributed by atoms with Crippen molar-refractivity contribution in [1.82, 2.24) is 0 Å². The van der Waals surface area contributed by atoms with E-state index in [-0.39, 0.29) is 0 Å². The molecular formula is C10H16O5. The van der Waals surface area contributed by atoms with Crippen molar-refractivity contribution in [2.45, 2.75) is 26.6 Å². The van der Waals surface area contributed by atoms with Gasteiger partial charge in [-0.15, -0.1) is 0 Å². The molecule has 0 aromatic carbocycles. The van der Waals surface area contributed by atoms with E-state index >= 15 is 0 Å². The summed E-state index contributed by atoms with van der Waals surface area (Å²) in [5.41, 5.74) is 0. The molecule has 0 heterocycles. The zero-order valence-electron chi connectivity index (χ0n) is 8.84. The van der Waals surface area contributed by atoms with Gasteiger partial charge in [0.15, 0.2) is 0 Å². The van der Waals surface area contributed by atoms with Gasteiger partial charge in [0.05, 0.1) is 0 Å². The number of hydrogen-bond donors (Lipinski definition) is 2. The van der Waals surface area contributed by atoms with Crippen LogP contribution >= 0.6 is 0 Å². The van der Waals surface area contributed by atoms with E-state index in [2.05, 4.69) is 11.3 Å². The van der Waals surface area contributed by atoms with Crippen molar-refractivity contribution >= 4 is 11.9 Å². The predicted octanol–water partition coefficient (Wildman–Crippen LogP) is 1.09. The Morgan fingerprint density at radius 3 is 2.27 bits per heavy atom. The Hall–Kier alpha value is -1.62. The van der Waals surface area contributed by atoms with E-state index in [9.17, 15) is 9.59 Å². The Labute approximate surface area is 88.7 Å². The Morgan fingerprint density at radius 1 is 1.53 bits per heavy atom. The Morgan fingerprint density at radius 2 is 2.07 bits per heavy atom. The number of carbonyl (C=O) groups is 2. The fraction of sp³-hybridized carbons (Fsp3) is 0.400. The van der Waals surface area contributed by atoms with Crippen molar-refractivity contribution in [3.63, 3.8) is 0 Å². The fourth-order valence-corrected chi connectivity index (χ4v) is 0.408. The smallest absolute Gasteiger partial charge is 0.332 e. The lowest BCUT2D eigenvalue weighted by Gasteiger charge is -2.05. The number of hydrogen-bond acceptors (Lipinski definition) is 4. The van der Waals surface area contributed by atoms with Crippen LogP contribution in [0.4, 0.5) is 0 Å². The highest BCUT2D eigenvalue weighted by Crippen LogP contribution is 1.92. The molecule has 0 saturated heterocycles. The summed E-state index contributed by atoms with van der Waals surface area (Å²) in [5.74, 6) is -1.48. The predicted molar refractivity (Wildman–Crippen MR) is 55.0 cm³/mol. The monoisotopic (exact) mass is 216 g/mol. The minimum absolute atomic E-state index is 0.402. The summed E-state index contributed by atoms with van der Waals surface area (Å²) in [6.07, 6.45) is 2.98. The zero-order valence-corrected chi connectivity index (χ0v) is 8.84. The molecule has 0 radical (unpaired) electrons. The highest BCUT2D eigenvalue weighted by atomic mass is 16.6. The average Bonchev–Trinajstić information content (AvgIpc) is 2.18. The van der Waals surface area contributed by atoms with Crippen LogP contribution in [0.2, 0.25) is 0 Å². The van der Waals surface area contributed by atoms with Crippen LogP contribution in [-0.2, 0) is 14.3 Å². The number of carboxylic acids is 1. The maximum atomic E-state index is 10.3. The second-order valence-corrected chi connectivity index (χ2v) is 2.34. The van der Waals surface area contributed by atoms with Gasteiger partial charge in [-0.05, 0) is 6.92 Å². The number of ether oxygens (including phenoxy) is 1. The first-order chi connectivity index (χ1) is 6.97. The molecule has 1 atom stereocenters. The summed E-state index contributed by atoms with van der Waals surface area (Å²) >= 11 is 0. The number of esters is 1. The molecule has 0 amide bonds. The van der Waals surface area contributed by atoms with Crippen LogP contribution in [0.1, 0.15) is 20.3 Å². The molecule has 86 valence electrons. The maximum Gasteiger partial charge on any atom is 0.332 e. The largest absolute Gasteiger partial charge is 0.478 e. The molecule has 15 heavy (non-hydrogen) atoms. The van der Waals surface area contributed by atoms with E-state index < -0.39 is 18.2 Å². The Balaban J connectivity index is 0. The van der Waals surface area contributed by atoms with Gasteiger partial charge < -0.3 is 14.9 Å². The van der Waals surface area contributed by atoms with E-state index in [1.807, 2.05) is 0 Å². The molecule has 0 aromatic heterocycles. The summed E-state index contributed by atoms with van der Waals surface area (Å²) < 4.78 is 4.35. The van der Waals surface area contributed by atoms with E-state index in [4.69, 9.17) is 10.2 Å². The molecule has 0 aliphatic heterocycles. The molecule has 0 rings (SSSR count). The van der Waals surface area contributed by atoms with E-state index in [0.717, 1.165) is 12.2 Å². The third kappa shape index (κ3) is 15.2. The van der Waals surface area contributed by atoms with Crippen LogP contribution in [0.5, 0.6) is 0 Å². The van der Waals surface area contributed by atoms with Crippen LogP contribution in [0.15, 0.2) is 24.8 Å². The first-order valence-corrected chi connectivity index (χ1v) is 4.34. The molecule has 0 aliphatic rings. The second-order valence-electron chi connectivity index (χ2n) is 2.34. The summed E-state index contributed by atoms with van der Waals surface area (Å²) in [6.45, 7) is 6.53. The lowest BCUT2D eigenvalue weighted by molar-refractivity contribution is -0.161. The van der Waals surface area contributed by atoms with Gasteiger partial charge in [0.2, 0.25) is 6.29 Å². The van der Waals surface area contributed by atoms with Crippen LogP contribution in [-0.4, -0.2) is 28.4 Å². The minimum Gasteiger partial charge on any atom is -0.478 e.